The van der Waals surface area contributed by atoms with Gasteiger partial charge in [0.05, 0.1) is 7.64 Å². The largest absolute Gasteiger partial charge is 0.481 e. The van der Waals surface area contributed by atoms with Crippen LogP contribution in [-0.4, -0.2) is 11.9 Å². The van der Waals surface area contributed by atoms with Crippen LogP contribution in [0.25, 0.3) is 0 Å². The van der Waals surface area contributed by atoms with Crippen LogP contribution in [0.1, 0.15) is 15.2 Å². The Balaban J connectivity index is 2.23. The maximum Gasteiger partial charge on any atom is 0.138 e. The van der Waals surface area contributed by atoms with Gasteiger partial charge in [-0.2, -0.15) is 0 Å². The van der Waals surface area contributed by atoms with E-state index in [4.69, 9.17) is 13.2 Å². The molecule has 0 saturated heterocycles. The molecule has 1 aliphatic heterocycles. The third kappa shape index (κ3) is 1.98. The molecule has 0 aliphatic carbocycles. The van der Waals surface area contributed by atoms with Gasteiger partial charge in [0.1, 0.15) is 11.6 Å². The van der Waals surface area contributed by atoms with Crippen molar-refractivity contribution in [1.29, 1.82) is 0 Å². The van der Waals surface area contributed by atoms with Gasteiger partial charge in [-0.05, 0) is 31.0 Å². The SMILES string of the molecule is [2H]C1([2H])Oc2cc(CC(C)N)ccc2S1. The summed E-state index contributed by atoms with van der Waals surface area (Å²) in [4.78, 5) is 0.855. The van der Waals surface area contributed by atoms with Gasteiger partial charge in [-0.25, -0.2) is 0 Å². The van der Waals surface area contributed by atoms with Crippen LogP contribution in [0.2, 0.25) is 0 Å². The van der Waals surface area contributed by atoms with E-state index < -0.39 is 5.89 Å². The summed E-state index contributed by atoms with van der Waals surface area (Å²) >= 11 is 1.10. The second kappa shape index (κ2) is 3.60. The van der Waals surface area contributed by atoms with Crippen LogP contribution in [0.5, 0.6) is 5.75 Å². The zero-order chi connectivity index (χ0) is 11.1. The number of nitrogens with two attached hydrogens (primary N) is 1. The van der Waals surface area contributed by atoms with Gasteiger partial charge in [0.15, 0.2) is 0 Å². The normalized spacial score (nSPS) is 22.6. The molecule has 1 aromatic carbocycles. The summed E-state index contributed by atoms with van der Waals surface area (Å²) in [5, 5.41) is 0. The lowest BCUT2D eigenvalue weighted by Gasteiger charge is -2.06. The highest BCUT2D eigenvalue weighted by molar-refractivity contribution is 7.99. The number of thioether (sulfide) groups is 1. The van der Waals surface area contributed by atoms with E-state index in [-0.39, 0.29) is 6.04 Å². The van der Waals surface area contributed by atoms with Gasteiger partial charge in [-0.3, -0.25) is 0 Å². The summed E-state index contributed by atoms with van der Waals surface area (Å²) in [7, 11) is 0. The van der Waals surface area contributed by atoms with Crippen LogP contribution < -0.4 is 10.5 Å². The van der Waals surface area contributed by atoms with Crippen molar-refractivity contribution >= 4 is 11.8 Å². The number of hydrogen-bond donors (Lipinski definition) is 1. The molecule has 2 rings (SSSR count). The maximum atomic E-state index is 7.47. The van der Waals surface area contributed by atoms with Crippen molar-refractivity contribution in [2.24, 2.45) is 5.73 Å². The molecular formula is C10H13NOS. The van der Waals surface area contributed by atoms with Crippen LogP contribution >= 0.6 is 11.8 Å². The number of hydrogen-bond acceptors (Lipinski definition) is 3. The van der Waals surface area contributed by atoms with E-state index in [1.807, 2.05) is 25.1 Å². The molecule has 0 aromatic heterocycles. The molecule has 0 spiro atoms. The van der Waals surface area contributed by atoms with Gasteiger partial charge in [0, 0.05) is 6.04 Å². The average Bonchev–Trinajstić information content (AvgIpc) is 2.36. The Morgan fingerprint density at radius 3 is 3.38 bits per heavy atom. The van der Waals surface area contributed by atoms with Crippen LogP contribution in [0.15, 0.2) is 23.1 Å². The molecule has 2 N–H and O–H groups in total. The number of benzene rings is 1. The van der Waals surface area contributed by atoms with Crippen LogP contribution in [0, 0.1) is 0 Å². The van der Waals surface area contributed by atoms with Crippen LogP contribution in [0.4, 0.5) is 0 Å². The third-order valence-electron chi connectivity index (χ3n) is 1.87. The minimum Gasteiger partial charge on any atom is -0.481 e. The summed E-state index contributed by atoms with van der Waals surface area (Å²) in [6.07, 6.45) is 0.782. The molecule has 1 aromatic rings. The van der Waals surface area contributed by atoms with Gasteiger partial charge in [-0.1, -0.05) is 17.8 Å². The molecular weight excluding hydrogens is 182 g/mol. The third-order valence-corrected chi connectivity index (χ3v) is 2.59. The molecule has 1 atom stereocenters. The first-order valence-electron chi connectivity index (χ1n) is 5.23. The average molecular weight is 197 g/mol. The molecule has 0 amide bonds. The fraction of sp³-hybridized carbons (Fsp3) is 0.400. The second-order valence-electron chi connectivity index (χ2n) is 3.25. The molecule has 0 bridgehead atoms. The van der Waals surface area contributed by atoms with E-state index in [0.29, 0.717) is 5.75 Å². The first kappa shape index (κ1) is 6.74. The van der Waals surface area contributed by atoms with Gasteiger partial charge < -0.3 is 10.5 Å². The highest BCUT2D eigenvalue weighted by Gasteiger charge is 2.12. The molecule has 0 fully saturated rings. The van der Waals surface area contributed by atoms with Gasteiger partial charge >= 0.3 is 0 Å². The molecule has 1 aliphatic rings. The molecule has 1 heterocycles. The predicted molar refractivity (Wildman–Crippen MR) is 55.1 cm³/mol. The Hall–Kier alpha value is -0.670. The lowest BCUT2D eigenvalue weighted by molar-refractivity contribution is 0.397. The summed E-state index contributed by atoms with van der Waals surface area (Å²) in [6, 6.07) is 5.84. The Morgan fingerprint density at radius 1 is 1.77 bits per heavy atom. The molecule has 1 unspecified atom stereocenters. The Morgan fingerprint density at radius 2 is 2.62 bits per heavy atom. The van der Waals surface area contributed by atoms with E-state index in [9.17, 15) is 0 Å². The molecule has 13 heavy (non-hydrogen) atoms. The molecule has 2 nitrogen and oxygen atoms in total. The van der Waals surface area contributed by atoms with E-state index in [1.165, 1.54) is 0 Å². The van der Waals surface area contributed by atoms with Gasteiger partial charge in [0.25, 0.3) is 0 Å². The topological polar surface area (TPSA) is 35.2 Å². The van der Waals surface area contributed by atoms with E-state index in [2.05, 4.69) is 0 Å². The predicted octanol–water partition coefficient (Wildman–Crippen LogP) is 2.02. The van der Waals surface area contributed by atoms with Crippen LogP contribution in [0.3, 0.4) is 0 Å². The lowest BCUT2D eigenvalue weighted by Crippen LogP contribution is -2.17. The maximum absolute atomic E-state index is 7.47. The van der Waals surface area contributed by atoms with Crippen molar-refractivity contribution in [1.82, 2.24) is 0 Å². The van der Waals surface area contributed by atoms with Crippen molar-refractivity contribution in [2.45, 2.75) is 24.3 Å². The number of fused-ring (bicyclic) bond motifs is 1. The highest BCUT2D eigenvalue weighted by Crippen LogP contribution is 2.36. The van der Waals surface area contributed by atoms with E-state index in [1.54, 1.807) is 0 Å². The smallest absolute Gasteiger partial charge is 0.138 e. The minimum absolute atomic E-state index is 0.105. The summed E-state index contributed by atoms with van der Waals surface area (Å²) in [6.45, 7) is 1.95. The van der Waals surface area contributed by atoms with E-state index in [0.717, 1.165) is 28.6 Å². The van der Waals surface area contributed by atoms with Crippen molar-refractivity contribution in [2.75, 3.05) is 5.89 Å². The summed E-state index contributed by atoms with van der Waals surface area (Å²) in [5.74, 6) is -1.00. The monoisotopic (exact) mass is 197 g/mol. The van der Waals surface area contributed by atoms with Gasteiger partial charge in [-0.15, -0.1) is 0 Å². The van der Waals surface area contributed by atoms with Crippen molar-refractivity contribution < 1.29 is 7.48 Å². The second-order valence-corrected chi connectivity index (χ2v) is 4.06. The molecule has 70 valence electrons. The van der Waals surface area contributed by atoms with Crippen molar-refractivity contribution in [3.8, 4) is 5.75 Å². The van der Waals surface area contributed by atoms with Crippen molar-refractivity contribution in [3.63, 3.8) is 0 Å². The number of ether oxygens (including phenoxy) is 1. The Bertz CT molecular complexity index is 382. The number of rotatable bonds is 2. The van der Waals surface area contributed by atoms with Crippen molar-refractivity contribution in [3.05, 3.63) is 23.8 Å². The lowest BCUT2D eigenvalue weighted by atomic mass is 10.1. The first-order chi connectivity index (χ1) is 6.96. The van der Waals surface area contributed by atoms with Gasteiger partial charge in [0.2, 0.25) is 0 Å². The Labute approximate surface area is 85.3 Å². The van der Waals surface area contributed by atoms with Crippen LogP contribution in [-0.2, 0) is 6.42 Å². The first-order valence-corrected chi connectivity index (χ1v) is 5.04. The summed E-state index contributed by atoms with van der Waals surface area (Å²) < 4.78 is 20.1. The Kier molecular flexibility index (Phi) is 1.86. The molecule has 3 heteroatoms. The minimum atomic E-state index is -1.63. The molecule has 0 radical (unpaired) electrons. The highest BCUT2D eigenvalue weighted by atomic mass is 32.2. The zero-order valence-electron chi connectivity index (χ0n) is 9.41. The fourth-order valence-corrected chi connectivity index (χ4v) is 1.88. The standard InChI is InChI=1S/C10H13NOS/c1-7(11)4-8-2-3-10-9(5-8)12-6-13-10/h2-3,5,7H,4,6,11H2,1H3/i6D2. The fourth-order valence-electron chi connectivity index (χ4n) is 1.33. The van der Waals surface area contributed by atoms with E-state index >= 15 is 0 Å². The summed E-state index contributed by atoms with van der Waals surface area (Å²) in [5.41, 5.74) is 6.79. The quantitative estimate of drug-likeness (QED) is 0.787. The zero-order valence-corrected chi connectivity index (χ0v) is 8.23. The molecule has 0 saturated carbocycles.